The SMILES string of the molecule is CC(=O)[C@H]1C(=O)N(c2ccccc2)[C@@H]1/C=C/c1ccccc1. The van der Waals surface area contributed by atoms with Crippen LogP contribution in [-0.4, -0.2) is 17.7 Å². The molecule has 0 aromatic heterocycles. The highest BCUT2D eigenvalue weighted by Gasteiger charge is 2.49. The molecule has 3 nitrogen and oxygen atoms in total. The number of β-lactam (4-membered cyclic amide) rings is 1. The van der Waals surface area contributed by atoms with Crippen LogP contribution in [0.25, 0.3) is 6.08 Å². The van der Waals surface area contributed by atoms with Gasteiger partial charge in [0.15, 0.2) is 0 Å². The Balaban J connectivity index is 1.88. The van der Waals surface area contributed by atoms with Gasteiger partial charge >= 0.3 is 0 Å². The van der Waals surface area contributed by atoms with Crippen LogP contribution in [0.1, 0.15) is 12.5 Å². The predicted octanol–water partition coefficient (Wildman–Crippen LogP) is 3.32. The van der Waals surface area contributed by atoms with Gasteiger partial charge in [0.05, 0.1) is 6.04 Å². The number of Topliss-reactive ketones (excluding diaryl/α,β-unsaturated/α-hetero) is 1. The maximum atomic E-state index is 12.3. The molecule has 22 heavy (non-hydrogen) atoms. The topological polar surface area (TPSA) is 37.4 Å². The van der Waals surface area contributed by atoms with E-state index < -0.39 is 5.92 Å². The number of anilines is 1. The average Bonchev–Trinajstić information content (AvgIpc) is 2.53. The highest BCUT2D eigenvalue weighted by atomic mass is 16.2. The summed E-state index contributed by atoms with van der Waals surface area (Å²) in [5.41, 5.74) is 1.88. The van der Waals surface area contributed by atoms with Gasteiger partial charge in [-0.15, -0.1) is 0 Å². The highest BCUT2D eigenvalue weighted by molar-refractivity contribution is 6.15. The third-order valence-corrected chi connectivity index (χ3v) is 3.90. The van der Waals surface area contributed by atoms with Crippen molar-refractivity contribution in [2.75, 3.05) is 4.90 Å². The summed E-state index contributed by atoms with van der Waals surface area (Å²) < 4.78 is 0. The second-order valence-corrected chi connectivity index (χ2v) is 5.39. The number of nitrogens with zero attached hydrogens (tertiary/aromatic N) is 1. The molecule has 1 amide bonds. The van der Waals surface area contributed by atoms with Gasteiger partial charge in [-0.1, -0.05) is 60.7 Å². The lowest BCUT2D eigenvalue weighted by atomic mass is 9.83. The summed E-state index contributed by atoms with van der Waals surface area (Å²) in [5.74, 6) is -0.776. The number of para-hydroxylation sites is 1. The van der Waals surface area contributed by atoms with Crippen LogP contribution in [0.4, 0.5) is 5.69 Å². The number of hydrogen-bond acceptors (Lipinski definition) is 2. The summed E-state index contributed by atoms with van der Waals surface area (Å²) >= 11 is 0. The lowest BCUT2D eigenvalue weighted by Gasteiger charge is -2.44. The molecule has 0 spiro atoms. The van der Waals surface area contributed by atoms with Crippen molar-refractivity contribution in [2.45, 2.75) is 13.0 Å². The van der Waals surface area contributed by atoms with Crippen molar-refractivity contribution in [3.63, 3.8) is 0 Å². The van der Waals surface area contributed by atoms with Crippen molar-refractivity contribution in [3.05, 3.63) is 72.3 Å². The normalized spacial score (nSPS) is 21.0. The average molecular weight is 291 g/mol. The molecule has 3 rings (SSSR count). The van der Waals surface area contributed by atoms with Crippen molar-refractivity contribution in [1.82, 2.24) is 0 Å². The Morgan fingerprint density at radius 3 is 2.18 bits per heavy atom. The number of ketones is 1. The maximum Gasteiger partial charge on any atom is 0.240 e. The number of benzene rings is 2. The molecule has 2 aromatic carbocycles. The van der Waals surface area contributed by atoms with Crippen molar-refractivity contribution >= 4 is 23.5 Å². The smallest absolute Gasteiger partial charge is 0.240 e. The first kappa shape index (κ1) is 14.3. The third-order valence-electron chi connectivity index (χ3n) is 3.90. The fourth-order valence-electron chi connectivity index (χ4n) is 2.78. The first-order valence-corrected chi connectivity index (χ1v) is 7.30. The summed E-state index contributed by atoms with van der Waals surface area (Å²) in [6.45, 7) is 1.48. The van der Waals surface area contributed by atoms with Crippen molar-refractivity contribution in [3.8, 4) is 0 Å². The van der Waals surface area contributed by atoms with Gasteiger partial charge in [0.2, 0.25) is 5.91 Å². The van der Waals surface area contributed by atoms with E-state index in [0.29, 0.717) is 0 Å². The van der Waals surface area contributed by atoms with E-state index in [0.717, 1.165) is 11.3 Å². The van der Waals surface area contributed by atoms with Crippen LogP contribution in [0.3, 0.4) is 0 Å². The van der Waals surface area contributed by atoms with E-state index in [1.165, 1.54) is 6.92 Å². The standard InChI is InChI=1S/C19H17NO2/c1-14(21)18-17(13-12-15-8-4-2-5-9-15)20(19(18)22)16-10-6-3-7-11-16/h2-13,17-18H,1H3/b13-12+/t17-,18-/m1/s1. The molecule has 0 saturated carbocycles. The zero-order valence-electron chi connectivity index (χ0n) is 12.3. The fourth-order valence-corrected chi connectivity index (χ4v) is 2.78. The molecular weight excluding hydrogens is 274 g/mol. The molecule has 1 saturated heterocycles. The van der Waals surface area contributed by atoms with Crippen molar-refractivity contribution < 1.29 is 9.59 Å². The number of carbonyl (C=O) groups is 2. The van der Waals surface area contributed by atoms with E-state index in [2.05, 4.69) is 0 Å². The first-order chi connectivity index (χ1) is 10.7. The van der Waals surface area contributed by atoms with Crippen LogP contribution in [0.2, 0.25) is 0 Å². The van der Waals surface area contributed by atoms with Crippen LogP contribution in [-0.2, 0) is 9.59 Å². The lowest BCUT2D eigenvalue weighted by Crippen LogP contribution is -2.62. The van der Waals surface area contributed by atoms with Gasteiger partial charge in [0.25, 0.3) is 0 Å². The molecule has 0 bridgehead atoms. The number of carbonyl (C=O) groups excluding carboxylic acids is 2. The molecule has 0 unspecified atom stereocenters. The Morgan fingerprint density at radius 1 is 1.00 bits per heavy atom. The fraction of sp³-hybridized carbons (Fsp3) is 0.158. The van der Waals surface area contributed by atoms with Gasteiger partial charge in [0, 0.05) is 5.69 Å². The summed E-state index contributed by atoms with van der Waals surface area (Å²) in [5, 5.41) is 0. The Bertz CT molecular complexity index is 707. The van der Waals surface area contributed by atoms with E-state index in [1.807, 2.05) is 72.8 Å². The third kappa shape index (κ3) is 2.58. The van der Waals surface area contributed by atoms with Gasteiger partial charge in [-0.3, -0.25) is 9.59 Å². The minimum Gasteiger partial charge on any atom is -0.304 e. The van der Waals surface area contributed by atoms with Gasteiger partial charge < -0.3 is 4.90 Å². The Morgan fingerprint density at radius 2 is 1.59 bits per heavy atom. The second-order valence-electron chi connectivity index (χ2n) is 5.39. The maximum absolute atomic E-state index is 12.3. The Hall–Kier alpha value is -2.68. The van der Waals surface area contributed by atoms with Crippen molar-refractivity contribution in [2.24, 2.45) is 5.92 Å². The van der Waals surface area contributed by atoms with Crippen LogP contribution in [0, 0.1) is 5.92 Å². The quantitative estimate of drug-likeness (QED) is 0.640. The van der Waals surface area contributed by atoms with Crippen LogP contribution in [0.5, 0.6) is 0 Å². The molecule has 2 aromatic rings. The number of hydrogen-bond donors (Lipinski definition) is 0. The predicted molar refractivity (Wildman–Crippen MR) is 87.4 cm³/mol. The Labute approximate surface area is 129 Å². The summed E-state index contributed by atoms with van der Waals surface area (Å²) in [7, 11) is 0. The Kier molecular flexibility index (Phi) is 3.88. The minimum absolute atomic E-state index is 0.0834. The van der Waals surface area contributed by atoms with E-state index in [9.17, 15) is 9.59 Å². The molecule has 2 atom stereocenters. The van der Waals surface area contributed by atoms with E-state index in [1.54, 1.807) is 4.90 Å². The largest absolute Gasteiger partial charge is 0.304 e. The molecule has 0 aliphatic carbocycles. The molecule has 0 radical (unpaired) electrons. The number of rotatable bonds is 4. The van der Waals surface area contributed by atoms with Gasteiger partial charge in [0.1, 0.15) is 11.7 Å². The van der Waals surface area contributed by atoms with Gasteiger partial charge in [-0.2, -0.15) is 0 Å². The zero-order chi connectivity index (χ0) is 15.5. The van der Waals surface area contributed by atoms with Gasteiger partial charge in [-0.05, 0) is 24.6 Å². The van der Waals surface area contributed by atoms with E-state index in [4.69, 9.17) is 0 Å². The molecule has 1 fully saturated rings. The highest BCUT2D eigenvalue weighted by Crippen LogP contribution is 2.34. The minimum atomic E-state index is -0.569. The molecule has 3 heteroatoms. The monoisotopic (exact) mass is 291 g/mol. The first-order valence-electron chi connectivity index (χ1n) is 7.30. The molecule has 110 valence electrons. The van der Waals surface area contributed by atoms with Crippen molar-refractivity contribution in [1.29, 1.82) is 0 Å². The molecule has 1 heterocycles. The molecule has 1 aliphatic heterocycles. The van der Waals surface area contributed by atoms with E-state index >= 15 is 0 Å². The lowest BCUT2D eigenvalue weighted by molar-refractivity contribution is -0.137. The zero-order valence-corrected chi connectivity index (χ0v) is 12.3. The van der Waals surface area contributed by atoms with Crippen LogP contribution < -0.4 is 4.90 Å². The van der Waals surface area contributed by atoms with Crippen LogP contribution >= 0.6 is 0 Å². The molecular formula is C19H17NO2. The molecule has 0 N–H and O–H groups in total. The van der Waals surface area contributed by atoms with Crippen LogP contribution in [0.15, 0.2) is 66.7 Å². The molecule has 1 aliphatic rings. The summed E-state index contributed by atoms with van der Waals surface area (Å²) in [6, 6.07) is 19.1. The second kappa shape index (κ2) is 5.98. The summed E-state index contributed by atoms with van der Waals surface area (Å²) in [6.07, 6.45) is 3.90. The summed E-state index contributed by atoms with van der Waals surface area (Å²) in [4.78, 5) is 25.7. The van der Waals surface area contributed by atoms with E-state index in [-0.39, 0.29) is 17.7 Å². The number of amides is 1. The van der Waals surface area contributed by atoms with Gasteiger partial charge in [-0.25, -0.2) is 0 Å².